The highest BCUT2D eigenvalue weighted by molar-refractivity contribution is 5.79. The molecule has 4 nitrogen and oxygen atoms in total. The lowest BCUT2D eigenvalue weighted by Crippen LogP contribution is -2.52. The molecule has 4 aliphatic carbocycles. The number of carboxylic acids is 1. The minimum Gasteiger partial charge on any atom is -0.481 e. The van der Waals surface area contributed by atoms with Crippen LogP contribution in [0.3, 0.4) is 0 Å². The molecule has 4 rings (SSSR count). The first kappa shape index (κ1) is 19.2. The Morgan fingerprint density at radius 2 is 1.85 bits per heavy atom. The van der Waals surface area contributed by atoms with Crippen molar-refractivity contribution in [2.24, 2.45) is 34.5 Å². The number of hydrogen-bond acceptors (Lipinski definition) is 3. The van der Waals surface area contributed by atoms with Gasteiger partial charge in [-0.05, 0) is 86.9 Å². The third-order valence-corrected chi connectivity index (χ3v) is 9.23. The minimum absolute atomic E-state index is 0.0866. The molecule has 4 aliphatic rings. The number of aliphatic hydroxyl groups is 1. The SMILES string of the molecule is CC(=O)C1CCC2C3CC=C4CC(O)(CC(=O)O)CCC4(C)C3CCC12C. The van der Waals surface area contributed by atoms with Gasteiger partial charge in [0, 0.05) is 5.92 Å². The van der Waals surface area contributed by atoms with Crippen LogP contribution >= 0.6 is 0 Å². The Morgan fingerprint density at radius 1 is 1.11 bits per heavy atom. The topological polar surface area (TPSA) is 74.6 Å². The number of aliphatic carboxylic acids is 1. The largest absolute Gasteiger partial charge is 0.481 e. The summed E-state index contributed by atoms with van der Waals surface area (Å²) >= 11 is 0. The first-order chi connectivity index (χ1) is 12.6. The van der Waals surface area contributed by atoms with E-state index >= 15 is 0 Å². The number of carbonyl (C=O) groups is 2. The van der Waals surface area contributed by atoms with Gasteiger partial charge in [-0.3, -0.25) is 9.59 Å². The quantitative estimate of drug-likeness (QED) is 0.720. The normalized spacial score (nSPS) is 48.8. The molecule has 0 aromatic carbocycles. The molecule has 0 aliphatic heterocycles. The van der Waals surface area contributed by atoms with Gasteiger partial charge in [-0.15, -0.1) is 0 Å². The Hall–Kier alpha value is -1.16. The van der Waals surface area contributed by atoms with Crippen molar-refractivity contribution < 1.29 is 19.8 Å². The number of carboxylic acid groups (broad SMARTS) is 1. The van der Waals surface area contributed by atoms with E-state index in [9.17, 15) is 19.8 Å². The van der Waals surface area contributed by atoms with Gasteiger partial charge in [0.2, 0.25) is 0 Å². The number of fused-ring (bicyclic) bond motifs is 5. The van der Waals surface area contributed by atoms with Crippen LogP contribution in [0, 0.1) is 34.5 Å². The third-order valence-electron chi connectivity index (χ3n) is 9.23. The highest BCUT2D eigenvalue weighted by Gasteiger charge is 2.60. The van der Waals surface area contributed by atoms with E-state index in [0.717, 1.165) is 32.1 Å². The Labute approximate surface area is 162 Å². The molecule has 2 N–H and O–H groups in total. The fourth-order valence-corrected chi connectivity index (χ4v) is 7.81. The predicted molar refractivity (Wildman–Crippen MR) is 103 cm³/mol. The molecule has 0 saturated heterocycles. The van der Waals surface area contributed by atoms with Crippen LogP contribution in [0.15, 0.2) is 11.6 Å². The van der Waals surface area contributed by atoms with E-state index in [1.807, 2.05) is 0 Å². The second-order valence-corrected chi connectivity index (χ2v) is 10.5. The van der Waals surface area contributed by atoms with Gasteiger partial charge in [0.1, 0.15) is 5.78 Å². The molecule has 0 spiro atoms. The summed E-state index contributed by atoms with van der Waals surface area (Å²) in [4.78, 5) is 23.4. The summed E-state index contributed by atoms with van der Waals surface area (Å²) in [6, 6.07) is 0. The van der Waals surface area contributed by atoms with E-state index in [0.29, 0.717) is 36.4 Å². The molecule has 3 saturated carbocycles. The van der Waals surface area contributed by atoms with E-state index in [2.05, 4.69) is 19.9 Å². The van der Waals surface area contributed by atoms with Crippen LogP contribution in [-0.4, -0.2) is 27.6 Å². The number of rotatable bonds is 3. The Bertz CT molecular complexity index is 696. The van der Waals surface area contributed by atoms with Crippen LogP contribution in [0.25, 0.3) is 0 Å². The van der Waals surface area contributed by atoms with Gasteiger partial charge < -0.3 is 10.2 Å². The van der Waals surface area contributed by atoms with Gasteiger partial charge in [-0.25, -0.2) is 0 Å². The zero-order chi connectivity index (χ0) is 19.6. The molecule has 0 radical (unpaired) electrons. The molecular formula is C23H34O4. The fourth-order valence-electron chi connectivity index (χ4n) is 7.81. The molecule has 0 amide bonds. The summed E-state index contributed by atoms with van der Waals surface area (Å²) in [5.41, 5.74) is 0.459. The summed E-state index contributed by atoms with van der Waals surface area (Å²) in [6.45, 7) is 6.49. The van der Waals surface area contributed by atoms with Crippen molar-refractivity contribution in [2.75, 3.05) is 0 Å². The van der Waals surface area contributed by atoms with Crippen LogP contribution in [-0.2, 0) is 9.59 Å². The molecular weight excluding hydrogens is 340 g/mol. The number of allylic oxidation sites excluding steroid dienone is 1. The van der Waals surface area contributed by atoms with Gasteiger partial charge in [-0.1, -0.05) is 25.5 Å². The molecule has 3 fully saturated rings. The maximum atomic E-state index is 12.2. The average molecular weight is 375 g/mol. The second-order valence-electron chi connectivity index (χ2n) is 10.5. The first-order valence-electron chi connectivity index (χ1n) is 10.7. The maximum Gasteiger partial charge on any atom is 0.306 e. The Kier molecular flexibility index (Phi) is 4.38. The number of Topliss-reactive ketones (excluding diaryl/α,β-unsaturated/α-hetero) is 1. The van der Waals surface area contributed by atoms with Crippen LogP contribution in [0.2, 0.25) is 0 Å². The Morgan fingerprint density at radius 3 is 2.52 bits per heavy atom. The van der Waals surface area contributed by atoms with Crippen LogP contribution < -0.4 is 0 Å². The van der Waals surface area contributed by atoms with Crippen molar-refractivity contribution in [1.29, 1.82) is 0 Å². The monoisotopic (exact) mass is 374 g/mol. The van der Waals surface area contributed by atoms with Crippen LogP contribution in [0.5, 0.6) is 0 Å². The van der Waals surface area contributed by atoms with Crippen molar-refractivity contribution in [3.05, 3.63) is 11.6 Å². The smallest absolute Gasteiger partial charge is 0.306 e. The highest BCUT2D eigenvalue weighted by Crippen LogP contribution is 2.66. The lowest BCUT2D eigenvalue weighted by atomic mass is 9.46. The molecule has 0 bridgehead atoms. The molecule has 7 atom stereocenters. The molecule has 0 aromatic rings. The van der Waals surface area contributed by atoms with Crippen molar-refractivity contribution in [3.8, 4) is 0 Å². The van der Waals surface area contributed by atoms with Crippen molar-refractivity contribution in [1.82, 2.24) is 0 Å². The average Bonchev–Trinajstić information content (AvgIpc) is 2.92. The number of hydrogen-bond donors (Lipinski definition) is 2. The number of ketones is 1. The van der Waals surface area contributed by atoms with Crippen molar-refractivity contribution in [3.63, 3.8) is 0 Å². The molecule has 4 heteroatoms. The molecule has 150 valence electrons. The Balaban J connectivity index is 1.61. The lowest BCUT2D eigenvalue weighted by molar-refractivity contribution is -0.145. The standard InChI is InChI=1S/C23H34O4/c1-14(24)17-6-7-18-16-5-4-15-12-23(27,13-20(25)26)11-10-21(15,2)19(16)8-9-22(17,18)3/h4,16-19,27H,5-13H2,1-3H3,(H,25,26). The highest BCUT2D eigenvalue weighted by atomic mass is 16.4. The van der Waals surface area contributed by atoms with Gasteiger partial charge >= 0.3 is 5.97 Å². The second kappa shape index (κ2) is 6.17. The van der Waals surface area contributed by atoms with E-state index in [1.54, 1.807) is 6.92 Å². The summed E-state index contributed by atoms with van der Waals surface area (Å²) < 4.78 is 0. The molecule has 7 unspecified atom stereocenters. The van der Waals surface area contributed by atoms with Gasteiger partial charge in [0.05, 0.1) is 12.0 Å². The summed E-state index contributed by atoms with van der Waals surface area (Å²) in [5, 5.41) is 20.0. The van der Waals surface area contributed by atoms with Crippen molar-refractivity contribution in [2.45, 2.75) is 84.2 Å². The third kappa shape index (κ3) is 2.82. The van der Waals surface area contributed by atoms with Crippen molar-refractivity contribution >= 4 is 11.8 Å². The summed E-state index contributed by atoms with van der Waals surface area (Å²) in [5.74, 6) is 1.55. The predicted octanol–water partition coefficient (Wildman–Crippen LogP) is 4.36. The van der Waals surface area contributed by atoms with Crippen LogP contribution in [0.4, 0.5) is 0 Å². The number of carbonyl (C=O) groups excluding carboxylic acids is 1. The van der Waals surface area contributed by atoms with Gasteiger partial charge in [-0.2, -0.15) is 0 Å². The summed E-state index contributed by atoms with van der Waals surface area (Å²) in [7, 11) is 0. The van der Waals surface area contributed by atoms with E-state index in [4.69, 9.17) is 0 Å². The van der Waals surface area contributed by atoms with E-state index in [-0.39, 0.29) is 23.2 Å². The zero-order valence-electron chi connectivity index (χ0n) is 17.0. The maximum absolute atomic E-state index is 12.2. The minimum atomic E-state index is -1.08. The lowest BCUT2D eigenvalue weighted by Gasteiger charge is -2.59. The molecule has 27 heavy (non-hydrogen) atoms. The summed E-state index contributed by atoms with van der Waals surface area (Å²) in [6.07, 6.45) is 9.68. The molecule has 0 aromatic heterocycles. The van der Waals surface area contributed by atoms with Crippen LogP contribution in [0.1, 0.15) is 78.6 Å². The van der Waals surface area contributed by atoms with Gasteiger partial charge in [0.15, 0.2) is 0 Å². The zero-order valence-corrected chi connectivity index (χ0v) is 17.0. The van der Waals surface area contributed by atoms with Gasteiger partial charge in [0.25, 0.3) is 0 Å². The fraction of sp³-hybridized carbons (Fsp3) is 0.826. The first-order valence-corrected chi connectivity index (χ1v) is 10.7. The van der Waals surface area contributed by atoms with E-state index in [1.165, 1.54) is 12.0 Å². The molecule has 0 heterocycles. The van der Waals surface area contributed by atoms with E-state index < -0.39 is 11.6 Å².